The molecular formula is C11H15NO. The van der Waals surface area contributed by atoms with E-state index in [0.717, 1.165) is 11.3 Å². The molecule has 0 heterocycles. The molecule has 0 atom stereocenters. The molecule has 0 bridgehead atoms. The van der Waals surface area contributed by atoms with Gasteiger partial charge in [-0.2, -0.15) is 0 Å². The first-order chi connectivity index (χ1) is 6.09. The lowest BCUT2D eigenvalue weighted by Crippen LogP contribution is -2.09. The first-order valence-corrected chi connectivity index (χ1v) is 4.47. The van der Waals surface area contributed by atoms with Crippen molar-refractivity contribution in [3.8, 4) is 0 Å². The van der Waals surface area contributed by atoms with Crippen molar-refractivity contribution in [3.63, 3.8) is 0 Å². The van der Waals surface area contributed by atoms with Gasteiger partial charge in [0.15, 0.2) is 5.78 Å². The van der Waals surface area contributed by atoms with Crippen molar-refractivity contribution in [2.45, 2.75) is 26.8 Å². The monoisotopic (exact) mass is 177 g/mol. The second-order valence-corrected chi connectivity index (χ2v) is 3.44. The molecule has 0 saturated heterocycles. The molecule has 0 spiro atoms. The summed E-state index contributed by atoms with van der Waals surface area (Å²) in [5.41, 5.74) is 1.76. The lowest BCUT2D eigenvalue weighted by atomic mass is 10.1. The lowest BCUT2D eigenvalue weighted by molar-refractivity contribution is 0.101. The standard InChI is InChI=1S/C11H15NO/c1-8(2)12-11-6-4-5-10(7-11)9(3)13/h4-8,12H,1-3H3. The molecule has 0 aliphatic rings. The third kappa shape index (κ3) is 2.90. The van der Waals surface area contributed by atoms with Gasteiger partial charge in [-0.25, -0.2) is 0 Å². The molecule has 0 radical (unpaired) electrons. The highest BCUT2D eigenvalue weighted by atomic mass is 16.1. The minimum absolute atomic E-state index is 0.104. The maximum absolute atomic E-state index is 11.1. The van der Waals surface area contributed by atoms with E-state index in [1.807, 2.05) is 24.3 Å². The van der Waals surface area contributed by atoms with Gasteiger partial charge in [0.1, 0.15) is 0 Å². The van der Waals surface area contributed by atoms with Gasteiger partial charge in [0.2, 0.25) is 0 Å². The Bertz CT molecular complexity index is 305. The van der Waals surface area contributed by atoms with E-state index >= 15 is 0 Å². The number of nitrogens with one attached hydrogen (secondary N) is 1. The fourth-order valence-electron chi connectivity index (χ4n) is 1.16. The Balaban J connectivity index is 2.85. The van der Waals surface area contributed by atoms with Crippen LogP contribution in [0.5, 0.6) is 0 Å². The highest BCUT2D eigenvalue weighted by Crippen LogP contribution is 2.11. The highest BCUT2D eigenvalue weighted by Gasteiger charge is 2.00. The van der Waals surface area contributed by atoms with Gasteiger partial charge in [-0.1, -0.05) is 12.1 Å². The first-order valence-electron chi connectivity index (χ1n) is 4.47. The Hall–Kier alpha value is -1.31. The van der Waals surface area contributed by atoms with Crippen molar-refractivity contribution in [1.82, 2.24) is 0 Å². The predicted octanol–water partition coefficient (Wildman–Crippen LogP) is 2.71. The minimum atomic E-state index is 0.104. The van der Waals surface area contributed by atoms with Crippen LogP contribution < -0.4 is 5.32 Å². The van der Waals surface area contributed by atoms with Crippen LogP contribution in [-0.2, 0) is 0 Å². The number of hydrogen-bond donors (Lipinski definition) is 1. The number of benzene rings is 1. The zero-order valence-electron chi connectivity index (χ0n) is 8.29. The van der Waals surface area contributed by atoms with Crippen molar-refractivity contribution in [3.05, 3.63) is 29.8 Å². The van der Waals surface area contributed by atoms with E-state index in [-0.39, 0.29) is 5.78 Å². The molecule has 13 heavy (non-hydrogen) atoms. The van der Waals surface area contributed by atoms with Crippen LogP contribution in [0.3, 0.4) is 0 Å². The van der Waals surface area contributed by atoms with Gasteiger partial charge in [0.25, 0.3) is 0 Å². The maximum Gasteiger partial charge on any atom is 0.159 e. The summed E-state index contributed by atoms with van der Waals surface area (Å²) in [5, 5.41) is 3.25. The van der Waals surface area contributed by atoms with Gasteiger partial charge in [-0.15, -0.1) is 0 Å². The quantitative estimate of drug-likeness (QED) is 0.719. The zero-order valence-corrected chi connectivity index (χ0v) is 8.29. The van der Waals surface area contributed by atoms with Gasteiger partial charge in [-0.05, 0) is 32.9 Å². The number of hydrogen-bond acceptors (Lipinski definition) is 2. The third-order valence-corrected chi connectivity index (χ3v) is 1.72. The fraction of sp³-hybridized carbons (Fsp3) is 0.364. The van der Waals surface area contributed by atoms with E-state index in [4.69, 9.17) is 0 Å². The fourth-order valence-corrected chi connectivity index (χ4v) is 1.16. The summed E-state index contributed by atoms with van der Waals surface area (Å²) in [5.74, 6) is 0.104. The number of rotatable bonds is 3. The molecule has 0 amide bonds. The Kier molecular flexibility index (Phi) is 3.07. The van der Waals surface area contributed by atoms with Crippen molar-refractivity contribution in [2.24, 2.45) is 0 Å². The van der Waals surface area contributed by atoms with E-state index in [1.54, 1.807) is 6.92 Å². The SMILES string of the molecule is CC(=O)c1cccc(NC(C)C)c1. The normalized spacial score (nSPS) is 10.2. The summed E-state index contributed by atoms with van der Waals surface area (Å²) in [6.45, 7) is 5.72. The maximum atomic E-state index is 11.1. The molecule has 2 heteroatoms. The van der Waals surface area contributed by atoms with E-state index < -0.39 is 0 Å². The molecule has 70 valence electrons. The highest BCUT2D eigenvalue weighted by molar-refractivity contribution is 5.94. The van der Waals surface area contributed by atoms with Crippen LogP contribution in [0.1, 0.15) is 31.1 Å². The molecule has 1 N–H and O–H groups in total. The average Bonchev–Trinajstić information content (AvgIpc) is 2.03. The van der Waals surface area contributed by atoms with Gasteiger partial charge in [-0.3, -0.25) is 4.79 Å². The molecule has 0 fully saturated rings. The molecule has 1 aromatic carbocycles. The third-order valence-electron chi connectivity index (χ3n) is 1.72. The molecule has 0 aliphatic heterocycles. The zero-order chi connectivity index (χ0) is 9.84. The van der Waals surface area contributed by atoms with Crippen LogP contribution in [-0.4, -0.2) is 11.8 Å². The van der Waals surface area contributed by atoms with Crippen LogP contribution >= 0.6 is 0 Å². The van der Waals surface area contributed by atoms with Crippen LogP contribution in [0.4, 0.5) is 5.69 Å². The molecule has 0 unspecified atom stereocenters. The van der Waals surface area contributed by atoms with Crippen molar-refractivity contribution in [2.75, 3.05) is 5.32 Å². The molecular weight excluding hydrogens is 162 g/mol. The summed E-state index contributed by atoms with van der Waals surface area (Å²) in [4.78, 5) is 11.1. The molecule has 1 rings (SSSR count). The summed E-state index contributed by atoms with van der Waals surface area (Å²) >= 11 is 0. The van der Waals surface area contributed by atoms with E-state index in [1.165, 1.54) is 0 Å². The van der Waals surface area contributed by atoms with Crippen LogP contribution in [0.15, 0.2) is 24.3 Å². The molecule has 0 aromatic heterocycles. The van der Waals surface area contributed by atoms with Crippen molar-refractivity contribution in [1.29, 1.82) is 0 Å². The van der Waals surface area contributed by atoms with E-state index in [0.29, 0.717) is 6.04 Å². The second kappa shape index (κ2) is 4.08. The largest absolute Gasteiger partial charge is 0.383 e. The van der Waals surface area contributed by atoms with Gasteiger partial charge >= 0.3 is 0 Å². The number of anilines is 1. The Labute approximate surface area is 79.0 Å². The average molecular weight is 177 g/mol. The summed E-state index contributed by atoms with van der Waals surface area (Å²) in [7, 11) is 0. The van der Waals surface area contributed by atoms with Gasteiger partial charge in [0.05, 0.1) is 0 Å². The van der Waals surface area contributed by atoms with Crippen molar-refractivity contribution < 1.29 is 4.79 Å². The van der Waals surface area contributed by atoms with Crippen molar-refractivity contribution >= 4 is 11.5 Å². The number of Topliss-reactive ketones (excluding diaryl/α,β-unsaturated/α-hetero) is 1. The first kappa shape index (κ1) is 9.78. The summed E-state index contributed by atoms with van der Waals surface area (Å²) in [6.07, 6.45) is 0. The van der Waals surface area contributed by atoms with Gasteiger partial charge < -0.3 is 5.32 Å². The number of ketones is 1. The van der Waals surface area contributed by atoms with Gasteiger partial charge in [0, 0.05) is 17.3 Å². The summed E-state index contributed by atoms with van der Waals surface area (Å²) < 4.78 is 0. The predicted molar refractivity (Wildman–Crippen MR) is 55.2 cm³/mol. The Morgan fingerprint density at radius 3 is 2.62 bits per heavy atom. The van der Waals surface area contributed by atoms with E-state index in [9.17, 15) is 4.79 Å². The molecule has 0 aliphatic carbocycles. The lowest BCUT2D eigenvalue weighted by Gasteiger charge is -2.10. The van der Waals surface area contributed by atoms with Crippen LogP contribution in [0.25, 0.3) is 0 Å². The van der Waals surface area contributed by atoms with Crippen LogP contribution in [0.2, 0.25) is 0 Å². The summed E-state index contributed by atoms with van der Waals surface area (Å²) in [6, 6.07) is 7.95. The number of carbonyl (C=O) groups excluding carboxylic acids is 1. The van der Waals surface area contributed by atoms with Crippen LogP contribution in [0, 0.1) is 0 Å². The Morgan fingerprint density at radius 1 is 1.38 bits per heavy atom. The smallest absolute Gasteiger partial charge is 0.159 e. The topological polar surface area (TPSA) is 29.1 Å². The minimum Gasteiger partial charge on any atom is -0.383 e. The second-order valence-electron chi connectivity index (χ2n) is 3.44. The number of carbonyl (C=O) groups is 1. The van der Waals surface area contributed by atoms with E-state index in [2.05, 4.69) is 19.2 Å². The molecule has 2 nitrogen and oxygen atoms in total. The Morgan fingerprint density at radius 2 is 2.08 bits per heavy atom. The molecule has 0 saturated carbocycles. The molecule has 1 aromatic rings.